The first-order valence-corrected chi connectivity index (χ1v) is 19.1. The van der Waals surface area contributed by atoms with Crippen molar-refractivity contribution < 1.29 is 41.7 Å². The number of amides is 1. The number of aromatic nitrogens is 1. The largest absolute Gasteiger partial charge is 0.487 e. The number of halogens is 5. The zero-order valence-corrected chi connectivity index (χ0v) is 31.4. The van der Waals surface area contributed by atoms with Gasteiger partial charge in [0.15, 0.2) is 11.5 Å². The molecule has 4 aliphatic rings. The quantitative estimate of drug-likeness (QED) is 0.124. The summed E-state index contributed by atoms with van der Waals surface area (Å²) in [5.74, 6) is -1.03. The Balaban J connectivity index is 1.12. The molecule has 0 unspecified atom stereocenters. The summed E-state index contributed by atoms with van der Waals surface area (Å²) >= 11 is 12.9. The molecule has 3 aliphatic heterocycles. The monoisotopic (exact) mass is 797 g/mol. The van der Waals surface area contributed by atoms with Crippen molar-refractivity contribution in [2.75, 3.05) is 24.5 Å². The van der Waals surface area contributed by atoms with Crippen LogP contribution in [0.5, 0.6) is 11.5 Å². The average Bonchev–Trinajstić information content (AvgIpc) is 3.69. The van der Waals surface area contributed by atoms with E-state index in [-0.39, 0.29) is 63.9 Å². The number of hydrogen-bond donors (Lipinski definition) is 0. The lowest BCUT2D eigenvalue weighted by atomic mass is 9.86. The number of piperidine rings is 3. The van der Waals surface area contributed by atoms with Crippen LogP contribution in [0.25, 0.3) is 0 Å². The highest BCUT2D eigenvalue weighted by atomic mass is 35.5. The number of carbonyl (C=O) groups excluding carboxylic acids is 2. The van der Waals surface area contributed by atoms with Crippen LogP contribution in [0.4, 0.5) is 23.7 Å². The van der Waals surface area contributed by atoms with Crippen LogP contribution in [0.2, 0.25) is 10.0 Å². The molecule has 4 fully saturated rings. The second kappa shape index (κ2) is 17.5. The zero-order chi connectivity index (χ0) is 38.5. The third kappa shape index (κ3) is 9.48. The number of carbonyl (C=O) groups is 2. The third-order valence-corrected chi connectivity index (χ3v) is 11.1. The Morgan fingerprint density at radius 1 is 0.909 bits per heavy atom. The minimum atomic E-state index is -3.07. The smallest absolute Gasteiger partial charge is 0.415 e. The molecule has 9 nitrogen and oxygen atoms in total. The van der Waals surface area contributed by atoms with Gasteiger partial charge in [0.05, 0.1) is 33.9 Å². The predicted octanol–water partition coefficient (Wildman–Crippen LogP) is 9.83. The fraction of sp³-hybridized carbons (Fsp3) is 0.390. The van der Waals surface area contributed by atoms with E-state index in [1.54, 1.807) is 36.4 Å². The molecule has 55 heavy (non-hydrogen) atoms. The van der Waals surface area contributed by atoms with E-state index in [4.69, 9.17) is 42.1 Å². The maximum Gasteiger partial charge on any atom is 0.415 e. The van der Waals surface area contributed by atoms with Crippen molar-refractivity contribution in [2.45, 2.75) is 76.4 Å². The number of esters is 1. The molecule has 3 saturated heterocycles. The van der Waals surface area contributed by atoms with Crippen molar-refractivity contribution >= 4 is 41.0 Å². The summed E-state index contributed by atoms with van der Waals surface area (Å²) in [5, 5.41) is 0.508. The highest BCUT2D eigenvalue weighted by Crippen LogP contribution is 2.38. The van der Waals surface area contributed by atoms with Crippen LogP contribution < -0.4 is 14.4 Å². The first kappa shape index (κ1) is 38.7. The van der Waals surface area contributed by atoms with Crippen LogP contribution in [0.15, 0.2) is 79.1 Å². The maximum absolute atomic E-state index is 15.1. The van der Waals surface area contributed by atoms with E-state index in [2.05, 4.69) is 9.88 Å². The first-order chi connectivity index (χ1) is 26.6. The number of alkyl halides is 2. The molecule has 4 heterocycles. The van der Waals surface area contributed by atoms with E-state index in [0.717, 1.165) is 51.6 Å². The minimum Gasteiger partial charge on any atom is -0.487 e. The maximum atomic E-state index is 15.1. The summed E-state index contributed by atoms with van der Waals surface area (Å²) in [4.78, 5) is 35.0. The molecule has 2 atom stereocenters. The summed E-state index contributed by atoms with van der Waals surface area (Å²) < 4.78 is 64.7. The Morgan fingerprint density at radius 2 is 1.62 bits per heavy atom. The normalized spacial score (nSPS) is 19.9. The number of para-hydroxylation sites is 1. The Morgan fingerprint density at radius 3 is 2.27 bits per heavy atom. The van der Waals surface area contributed by atoms with Gasteiger partial charge in [0.1, 0.15) is 18.0 Å². The van der Waals surface area contributed by atoms with E-state index < -0.39 is 30.6 Å². The van der Waals surface area contributed by atoms with E-state index >= 15 is 4.39 Å². The summed E-state index contributed by atoms with van der Waals surface area (Å²) in [6, 6.07) is 16.8. The highest BCUT2D eigenvalue weighted by molar-refractivity contribution is 6.35. The van der Waals surface area contributed by atoms with Gasteiger partial charge in [-0.15, -0.1) is 0 Å². The molecular weight excluding hydrogens is 758 g/mol. The highest BCUT2D eigenvalue weighted by Gasteiger charge is 2.38. The molecule has 2 bridgehead atoms. The van der Waals surface area contributed by atoms with E-state index in [9.17, 15) is 18.4 Å². The van der Waals surface area contributed by atoms with Gasteiger partial charge >= 0.3 is 18.7 Å². The van der Waals surface area contributed by atoms with Gasteiger partial charge in [0, 0.05) is 25.4 Å². The summed E-state index contributed by atoms with van der Waals surface area (Å²) in [6.07, 6.45) is 6.15. The molecule has 0 N–H and O–H groups in total. The van der Waals surface area contributed by atoms with E-state index in [0.29, 0.717) is 23.2 Å². The summed E-state index contributed by atoms with van der Waals surface area (Å²) in [7, 11) is 0. The van der Waals surface area contributed by atoms with Crippen molar-refractivity contribution in [2.24, 2.45) is 5.92 Å². The number of anilines is 1. The van der Waals surface area contributed by atoms with Crippen LogP contribution in [0.1, 0.15) is 71.7 Å². The van der Waals surface area contributed by atoms with Gasteiger partial charge in [0.2, 0.25) is 0 Å². The molecule has 3 aromatic carbocycles. The zero-order valence-electron chi connectivity index (χ0n) is 29.9. The number of benzene rings is 3. The topological polar surface area (TPSA) is 90.4 Å². The molecule has 0 radical (unpaired) electrons. The molecular formula is C41H40Cl2F3N3O6. The first-order valence-electron chi connectivity index (χ1n) is 18.4. The second-order valence-corrected chi connectivity index (χ2v) is 14.9. The van der Waals surface area contributed by atoms with Crippen LogP contribution in [-0.4, -0.2) is 60.4 Å². The van der Waals surface area contributed by atoms with Gasteiger partial charge in [-0.05, 0) is 111 Å². The fourth-order valence-electron chi connectivity index (χ4n) is 7.52. The molecule has 0 spiro atoms. The van der Waals surface area contributed by atoms with Gasteiger partial charge in [-0.3, -0.25) is 14.8 Å². The van der Waals surface area contributed by atoms with Crippen molar-refractivity contribution in [3.63, 3.8) is 0 Å². The number of pyridine rings is 1. The van der Waals surface area contributed by atoms with Crippen molar-refractivity contribution in [1.82, 2.24) is 9.88 Å². The number of fused-ring (bicyclic) bond motifs is 3. The molecule has 14 heteroatoms. The van der Waals surface area contributed by atoms with Crippen molar-refractivity contribution in [3.8, 4) is 11.5 Å². The molecule has 290 valence electrons. The number of hydrogen-bond acceptors (Lipinski definition) is 8. The lowest BCUT2D eigenvalue weighted by Crippen LogP contribution is -2.53. The van der Waals surface area contributed by atoms with E-state index in [1.807, 2.05) is 0 Å². The van der Waals surface area contributed by atoms with Crippen molar-refractivity contribution in [1.29, 1.82) is 0 Å². The predicted molar refractivity (Wildman–Crippen MR) is 201 cm³/mol. The standard InChI is InChI=1S/C41H40Cl2F3N3O6/c42-31-21-47-22-32(43)30(31)20-36(28-13-14-35(54-40(45)46)37(19-28)52-29-5-1-2-6-29)53-39(50)27-11-9-25(10-12-27)23-49(34-8-4-3-7-33(34)44)41(51)55-38-24-48-17-15-26(38)16-18-48/h3-4,7-14,19,21-22,26,29,36,38,40H,1-2,5-6,15-18,20,23-24H2/t36-,38-/m0/s1. The van der Waals surface area contributed by atoms with Crippen LogP contribution in [0.3, 0.4) is 0 Å². The summed E-state index contributed by atoms with van der Waals surface area (Å²) in [5.41, 5.74) is 1.78. The SMILES string of the molecule is O=C(O[C@@H](Cc1c(Cl)cncc1Cl)c1ccc(OC(F)F)c(OC2CCCC2)c1)c1ccc(CN(C(=O)O[C@H]2CN3CCC2CC3)c2ccccc2F)cc1. The molecule has 1 amide bonds. The van der Waals surface area contributed by atoms with E-state index in [1.165, 1.54) is 47.6 Å². The number of ether oxygens (including phenoxy) is 4. The average molecular weight is 799 g/mol. The van der Waals surface area contributed by atoms with Gasteiger partial charge < -0.3 is 18.9 Å². The Bertz CT molecular complexity index is 1960. The molecule has 1 aliphatic carbocycles. The third-order valence-electron chi connectivity index (χ3n) is 10.5. The Hall–Kier alpha value is -4.52. The van der Waals surface area contributed by atoms with Crippen LogP contribution >= 0.6 is 23.2 Å². The molecule has 8 rings (SSSR count). The molecule has 1 saturated carbocycles. The van der Waals surface area contributed by atoms with Crippen LogP contribution in [-0.2, 0) is 22.4 Å². The van der Waals surface area contributed by atoms with Gasteiger partial charge in [0.25, 0.3) is 0 Å². The second-order valence-electron chi connectivity index (χ2n) is 14.1. The Kier molecular flexibility index (Phi) is 12.3. The van der Waals surface area contributed by atoms with Gasteiger partial charge in [-0.1, -0.05) is 53.5 Å². The lowest BCUT2D eigenvalue weighted by molar-refractivity contribution is -0.0520. The number of nitrogens with zero attached hydrogens (tertiary/aromatic N) is 3. The molecule has 4 aromatic rings. The van der Waals surface area contributed by atoms with Gasteiger partial charge in [-0.2, -0.15) is 8.78 Å². The fourth-order valence-corrected chi connectivity index (χ4v) is 8.04. The Labute approximate surface area is 327 Å². The summed E-state index contributed by atoms with van der Waals surface area (Å²) in [6.45, 7) is -0.475. The molecule has 1 aromatic heterocycles. The van der Waals surface area contributed by atoms with Crippen molar-refractivity contribution in [3.05, 3.63) is 117 Å². The van der Waals surface area contributed by atoms with Crippen LogP contribution in [0, 0.1) is 11.7 Å². The number of rotatable bonds is 13. The minimum absolute atomic E-state index is 0.0192. The lowest BCUT2D eigenvalue weighted by Gasteiger charge is -2.44. The van der Waals surface area contributed by atoms with Gasteiger partial charge in [-0.25, -0.2) is 14.0 Å².